The number of ether oxygens (including phenoxy) is 1. The second kappa shape index (κ2) is 6.21. The van der Waals surface area contributed by atoms with Crippen LogP contribution in [0.1, 0.15) is 16.1 Å². The van der Waals surface area contributed by atoms with Crippen LogP contribution in [0.5, 0.6) is 0 Å². The van der Waals surface area contributed by atoms with E-state index in [0.717, 1.165) is 0 Å². The average molecular weight is 294 g/mol. The van der Waals surface area contributed by atoms with Crippen LogP contribution >= 0.6 is 11.6 Å². The number of hydrogen-bond donors (Lipinski definition) is 2. The third-order valence-electron chi connectivity index (χ3n) is 2.57. The molecule has 0 radical (unpaired) electrons. The largest absolute Gasteiger partial charge is 0.465 e. The van der Waals surface area contributed by atoms with Crippen molar-refractivity contribution in [1.29, 1.82) is 0 Å². The monoisotopic (exact) mass is 293 g/mol. The highest BCUT2D eigenvalue weighted by molar-refractivity contribution is 6.33. The molecule has 0 fully saturated rings. The van der Waals surface area contributed by atoms with E-state index >= 15 is 0 Å². The van der Waals surface area contributed by atoms with Crippen LogP contribution in [0.15, 0.2) is 30.7 Å². The minimum atomic E-state index is -0.495. The summed E-state index contributed by atoms with van der Waals surface area (Å²) in [6.45, 7) is 0. The minimum Gasteiger partial charge on any atom is -0.465 e. The van der Waals surface area contributed by atoms with Gasteiger partial charge in [-0.3, -0.25) is 4.79 Å². The maximum absolute atomic E-state index is 11.8. The van der Waals surface area contributed by atoms with Crippen LogP contribution in [0.2, 0.25) is 5.02 Å². The summed E-state index contributed by atoms with van der Waals surface area (Å²) in [7, 11) is 1.29. The van der Waals surface area contributed by atoms with Crippen molar-refractivity contribution in [3.8, 4) is 0 Å². The Morgan fingerprint density at radius 1 is 1.45 bits per heavy atom. The number of aromatic nitrogens is 2. The highest BCUT2D eigenvalue weighted by atomic mass is 35.5. The molecule has 1 heterocycles. The van der Waals surface area contributed by atoms with E-state index in [-0.39, 0.29) is 12.3 Å². The van der Waals surface area contributed by atoms with Gasteiger partial charge in [0, 0.05) is 11.9 Å². The molecule has 0 saturated carbocycles. The van der Waals surface area contributed by atoms with Crippen LogP contribution in [-0.4, -0.2) is 29.0 Å². The normalized spacial score (nSPS) is 10.1. The number of carbonyl (C=O) groups excluding carboxylic acids is 2. The molecule has 0 aliphatic carbocycles. The molecular weight excluding hydrogens is 282 g/mol. The summed E-state index contributed by atoms with van der Waals surface area (Å²) in [6, 6.07) is 4.53. The van der Waals surface area contributed by atoms with E-state index < -0.39 is 5.97 Å². The van der Waals surface area contributed by atoms with Crippen molar-refractivity contribution in [1.82, 2.24) is 9.97 Å². The predicted octanol–water partition coefficient (Wildman–Crippen LogP) is 2.03. The smallest absolute Gasteiger partial charge is 0.337 e. The molecule has 1 aromatic carbocycles. The van der Waals surface area contributed by atoms with E-state index in [1.54, 1.807) is 6.20 Å². The summed E-state index contributed by atoms with van der Waals surface area (Å²) < 4.78 is 4.61. The highest BCUT2D eigenvalue weighted by Gasteiger charge is 2.12. The van der Waals surface area contributed by atoms with Crippen LogP contribution in [-0.2, 0) is 16.0 Å². The van der Waals surface area contributed by atoms with Gasteiger partial charge >= 0.3 is 5.97 Å². The number of methoxy groups -OCH3 is 1. The van der Waals surface area contributed by atoms with E-state index in [1.165, 1.54) is 31.6 Å². The lowest BCUT2D eigenvalue weighted by atomic mass is 10.2. The van der Waals surface area contributed by atoms with Crippen molar-refractivity contribution in [3.63, 3.8) is 0 Å². The number of benzene rings is 1. The number of nitrogens with one attached hydrogen (secondary N) is 2. The van der Waals surface area contributed by atoms with Crippen LogP contribution in [0.25, 0.3) is 0 Å². The van der Waals surface area contributed by atoms with Gasteiger partial charge in [-0.05, 0) is 18.2 Å². The Morgan fingerprint density at radius 3 is 2.90 bits per heavy atom. The first-order valence-corrected chi connectivity index (χ1v) is 6.13. The molecule has 2 aromatic rings. The summed E-state index contributed by atoms with van der Waals surface area (Å²) in [6.07, 6.45) is 3.19. The number of halogens is 1. The molecule has 0 aliphatic rings. The Balaban J connectivity index is 2.12. The zero-order valence-electron chi connectivity index (χ0n) is 10.6. The number of carbonyl (C=O) groups is 2. The molecule has 0 atom stereocenters. The molecule has 0 aliphatic heterocycles. The van der Waals surface area contributed by atoms with Crippen molar-refractivity contribution in [2.75, 3.05) is 12.4 Å². The number of imidazole rings is 1. The van der Waals surface area contributed by atoms with Gasteiger partial charge in [-0.1, -0.05) is 11.6 Å². The zero-order chi connectivity index (χ0) is 14.5. The van der Waals surface area contributed by atoms with Crippen molar-refractivity contribution in [2.45, 2.75) is 6.42 Å². The first-order valence-electron chi connectivity index (χ1n) is 5.75. The lowest BCUT2D eigenvalue weighted by molar-refractivity contribution is -0.115. The van der Waals surface area contributed by atoms with Crippen LogP contribution in [0.4, 0.5) is 5.69 Å². The van der Waals surface area contributed by atoms with Gasteiger partial charge < -0.3 is 15.0 Å². The van der Waals surface area contributed by atoms with Gasteiger partial charge in [0.05, 0.1) is 36.1 Å². The zero-order valence-corrected chi connectivity index (χ0v) is 11.4. The average Bonchev–Trinajstić information content (AvgIpc) is 2.93. The first kappa shape index (κ1) is 14.1. The maximum Gasteiger partial charge on any atom is 0.337 e. The van der Waals surface area contributed by atoms with Gasteiger partial charge in [0.2, 0.25) is 5.91 Å². The molecule has 20 heavy (non-hydrogen) atoms. The quantitative estimate of drug-likeness (QED) is 0.845. The Hall–Kier alpha value is -2.34. The fourth-order valence-corrected chi connectivity index (χ4v) is 1.78. The van der Waals surface area contributed by atoms with E-state index in [0.29, 0.717) is 22.0 Å². The lowest BCUT2D eigenvalue weighted by Crippen LogP contribution is -2.15. The SMILES string of the molecule is COC(=O)c1ccc(Cl)c(NC(=O)Cc2cnc[nH]2)c1. The summed E-state index contributed by atoms with van der Waals surface area (Å²) in [5.74, 6) is -0.760. The molecule has 2 N–H and O–H groups in total. The van der Waals surface area contributed by atoms with Gasteiger partial charge in [-0.2, -0.15) is 0 Å². The number of amides is 1. The van der Waals surface area contributed by atoms with Gasteiger partial charge in [-0.25, -0.2) is 9.78 Å². The van der Waals surface area contributed by atoms with Gasteiger partial charge in [0.25, 0.3) is 0 Å². The fourth-order valence-electron chi connectivity index (χ4n) is 1.61. The van der Waals surface area contributed by atoms with Crippen LogP contribution in [0.3, 0.4) is 0 Å². The van der Waals surface area contributed by atoms with Crippen molar-refractivity contribution < 1.29 is 14.3 Å². The second-order valence-corrected chi connectivity index (χ2v) is 4.40. The summed E-state index contributed by atoms with van der Waals surface area (Å²) in [5, 5.41) is 2.98. The third-order valence-corrected chi connectivity index (χ3v) is 2.90. The Bertz CT molecular complexity index is 626. The number of rotatable bonds is 4. The fraction of sp³-hybridized carbons (Fsp3) is 0.154. The van der Waals surface area contributed by atoms with E-state index in [9.17, 15) is 9.59 Å². The van der Waals surface area contributed by atoms with E-state index in [2.05, 4.69) is 20.0 Å². The molecule has 0 unspecified atom stereocenters. The Morgan fingerprint density at radius 2 is 2.25 bits per heavy atom. The highest BCUT2D eigenvalue weighted by Crippen LogP contribution is 2.23. The summed E-state index contributed by atoms with van der Waals surface area (Å²) in [4.78, 5) is 29.9. The van der Waals surface area contributed by atoms with Crippen LogP contribution < -0.4 is 5.32 Å². The lowest BCUT2D eigenvalue weighted by Gasteiger charge is -2.08. The molecule has 6 nitrogen and oxygen atoms in total. The number of hydrogen-bond acceptors (Lipinski definition) is 4. The maximum atomic E-state index is 11.8. The number of H-pyrrole nitrogens is 1. The number of nitrogens with zero attached hydrogens (tertiary/aromatic N) is 1. The number of esters is 1. The molecule has 7 heteroatoms. The molecule has 1 aromatic heterocycles. The summed E-state index contributed by atoms with van der Waals surface area (Å²) >= 11 is 5.98. The van der Waals surface area contributed by atoms with Gasteiger partial charge in [0.15, 0.2) is 0 Å². The Labute approximate surface area is 120 Å². The molecule has 0 spiro atoms. The number of aromatic amines is 1. The molecule has 1 amide bonds. The molecular formula is C13H12ClN3O3. The Kier molecular flexibility index (Phi) is 4.37. The third kappa shape index (κ3) is 3.36. The molecule has 104 valence electrons. The predicted molar refractivity (Wildman–Crippen MR) is 73.7 cm³/mol. The molecule has 0 bridgehead atoms. The second-order valence-electron chi connectivity index (χ2n) is 3.99. The van der Waals surface area contributed by atoms with Crippen molar-refractivity contribution in [3.05, 3.63) is 47.0 Å². The first-order chi connectivity index (χ1) is 9.60. The number of anilines is 1. The van der Waals surface area contributed by atoms with Crippen molar-refractivity contribution >= 4 is 29.2 Å². The van der Waals surface area contributed by atoms with Crippen LogP contribution in [0, 0.1) is 0 Å². The molecule has 0 saturated heterocycles. The van der Waals surface area contributed by atoms with Gasteiger partial charge in [0.1, 0.15) is 0 Å². The minimum absolute atomic E-state index is 0.138. The standard InChI is InChI=1S/C13H12ClN3O3/c1-20-13(19)8-2-3-10(14)11(4-8)17-12(18)5-9-6-15-7-16-9/h2-4,6-7H,5H2,1H3,(H,15,16)(H,17,18). The van der Waals surface area contributed by atoms with E-state index in [4.69, 9.17) is 11.6 Å². The van der Waals surface area contributed by atoms with E-state index in [1.807, 2.05) is 0 Å². The summed E-state index contributed by atoms with van der Waals surface area (Å²) in [5.41, 5.74) is 1.36. The van der Waals surface area contributed by atoms with Crippen molar-refractivity contribution in [2.24, 2.45) is 0 Å². The topological polar surface area (TPSA) is 84.1 Å². The molecule has 2 rings (SSSR count). The van der Waals surface area contributed by atoms with Gasteiger partial charge in [-0.15, -0.1) is 0 Å².